The number of hydrogen-bond acceptors (Lipinski definition) is 3. The van der Waals surface area contributed by atoms with E-state index in [1.54, 1.807) is 0 Å². The maximum Gasteiger partial charge on any atom is 0.225 e. The van der Waals surface area contributed by atoms with Crippen molar-refractivity contribution in [1.82, 2.24) is 15.5 Å². The molecule has 2 saturated heterocycles. The van der Waals surface area contributed by atoms with Gasteiger partial charge in [0, 0.05) is 51.2 Å². The number of ether oxygens (including phenoxy) is 1. The summed E-state index contributed by atoms with van der Waals surface area (Å²) in [7, 11) is 1.82. The van der Waals surface area contributed by atoms with Gasteiger partial charge in [-0.2, -0.15) is 0 Å². The van der Waals surface area contributed by atoms with E-state index in [2.05, 4.69) is 36.4 Å². The molecule has 2 atom stereocenters. The summed E-state index contributed by atoms with van der Waals surface area (Å²) in [4.78, 5) is 18.5. The molecule has 2 heterocycles. The first-order valence-corrected chi connectivity index (χ1v) is 10.6. The molecule has 0 aromatic rings. The van der Waals surface area contributed by atoms with Gasteiger partial charge in [-0.25, -0.2) is 0 Å². The second kappa shape index (κ2) is 11.6. The van der Waals surface area contributed by atoms with Crippen LogP contribution in [0.3, 0.4) is 0 Å². The van der Waals surface area contributed by atoms with Crippen molar-refractivity contribution >= 4 is 35.8 Å². The summed E-state index contributed by atoms with van der Waals surface area (Å²) in [6.07, 6.45) is 4.55. The summed E-state index contributed by atoms with van der Waals surface area (Å²) in [6.45, 7) is 14.1. The zero-order chi connectivity index (χ0) is 20.0. The van der Waals surface area contributed by atoms with Crippen molar-refractivity contribution in [3.63, 3.8) is 0 Å². The van der Waals surface area contributed by atoms with Gasteiger partial charge in [0.1, 0.15) is 0 Å². The van der Waals surface area contributed by atoms with Crippen LogP contribution in [0.4, 0.5) is 0 Å². The van der Waals surface area contributed by atoms with Crippen LogP contribution < -0.4 is 10.6 Å². The van der Waals surface area contributed by atoms with Crippen LogP contribution in [0.1, 0.15) is 60.3 Å². The minimum absolute atomic E-state index is 0. The van der Waals surface area contributed by atoms with Crippen molar-refractivity contribution in [1.29, 1.82) is 0 Å². The zero-order valence-electron chi connectivity index (χ0n) is 18.6. The Bertz CT molecular complexity index is 511. The molecule has 1 amide bonds. The molecule has 0 saturated carbocycles. The van der Waals surface area contributed by atoms with Gasteiger partial charge in [0.05, 0.1) is 6.10 Å². The van der Waals surface area contributed by atoms with Gasteiger partial charge in [0.15, 0.2) is 5.96 Å². The van der Waals surface area contributed by atoms with Crippen molar-refractivity contribution in [2.75, 3.05) is 33.3 Å². The first-order chi connectivity index (χ1) is 12.7. The number of amides is 1. The molecule has 2 N–H and O–H groups in total. The molecule has 0 aromatic heterocycles. The van der Waals surface area contributed by atoms with Crippen LogP contribution in [0.15, 0.2) is 4.99 Å². The van der Waals surface area contributed by atoms with Gasteiger partial charge >= 0.3 is 0 Å². The van der Waals surface area contributed by atoms with Gasteiger partial charge in [0.25, 0.3) is 0 Å². The highest BCUT2D eigenvalue weighted by Crippen LogP contribution is 2.33. The first-order valence-electron chi connectivity index (χ1n) is 10.6. The second-order valence-corrected chi connectivity index (χ2v) is 9.41. The van der Waals surface area contributed by atoms with Gasteiger partial charge < -0.3 is 20.3 Å². The summed E-state index contributed by atoms with van der Waals surface area (Å²) in [5, 5.41) is 7.07. The lowest BCUT2D eigenvalue weighted by atomic mass is 9.78. The molecule has 7 heteroatoms. The van der Waals surface area contributed by atoms with Crippen LogP contribution in [0.25, 0.3) is 0 Å². The number of halogens is 1. The molecule has 2 aliphatic rings. The topological polar surface area (TPSA) is 66.0 Å². The SMILES string of the molecule is CN=C(NCC1CCCOC1C(C)(C)C)NC1CCN(C(=O)C(C)C)CC1.I. The number of guanidine groups is 1. The van der Waals surface area contributed by atoms with E-state index in [1.807, 2.05) is 25.8 Å². The molecule has 0 aliphatic carbocycles. The lowest BCUT2D eigenvalue weighted by molar-refractivity contribution is -0.135. The summed E-state index contributed by atoms with van der Waals surface area (Å²) in [5.41, 5.74) is 0.152. The van der Waals surface area contributed by atoms with Crippen LogP contribution in [0.5, 0.6) is 0 Å². The third-order valence-electron chi connectivity index (χ3n) is 5.70. The molecular weight excluding hydrogens is 467 g/mol. The quantitative estimate of drug-likeness (QED) is 0.348. The van der Waals surface area contributed by atoms with Crippen LogP contribution in [0, 0.1) is 17.3 Å². The Hall–Kier alpha value is -0.570. The van der Waals surface area contributed by atoms with Gasteiger partial charge in [-0.05, 0) is 31.1 Å². The van der Waals surface area contributed by atoms with Crippen molar-refractivity contribution in [2.24, 2.45) is 22.2 Å². The van der Waals surface area contributed by atoms with E-state index in [-0.39, 0.29) is 47.3 Å². The second-order valence-electron chi connectivity index (χ2n) is 9.41. The predicted molar refractivity (Wildman–Crippen MR) is 126 cm³/mol. The Morgan fingerprint density at radius 2 is 1.86 bits per heavy atom. The van der Waals surface area contributed by atoms with Crippen molar-refractivity contribution in [3.8, 4) is 0 Å². The third-order valence-corrected chi connectivity index (χ3v) is 5.70. The standard InChI is InChI=1S/C21H40N4O2.HI/c1-15(2)19(26)25-11-9-17(10-12-25)24-20(22-6)23-14-16-8-7-13-27-18(16)21(3,4)5;/h15-18H,7-14H2,1-6H3,(H2,22,23,24);1H. The third kappa shape index (κ3) is 7.35. The van der Waals surface area contributed by atoms with E-state index in [4.69, 9.17) is 4.74 Å². The van der Waals surface area contributed by atoms with Gasteiger partial charge in [-0.3, -0.25) is 9.79 Å². The molecule has 164 valence electrons. The van der Waals surface area contributed by atoms with E-state index in [9.17, 15) is 4.79 Å². The summed E-state index contributed by atoms with van der Waals surface area (Å²) in [5.74, 6) is 1.71. The van der Waals surface area contributed by atoms with E-state index in [0.717, 1.165) is 51.5 Å². The highest BCUT2D eigenvalue weighted by Gasteiger charge is 2.35. The number of aliphatic imine (C=N–C) groups is 1. The fraction of sp³-hybridized carbons (Fsp3) is 0.905. The monoisotopic (exact) mass is 508 g/mol. The number of likely N-dealkylation sites (tertiary alicyclic amines) is 1. The van der Waals surface area contributed by atoms with Gasteiger partial charge in [-0.15, -0.1) is 24.0 Å². The Labute approximate surface area is 188 Å². The largest absolute Gasteiger partial charge is 0.377 e. The van der Waals surface area contributed by atoms with E-state index in [1.165, 1.54) is 6.42 Å². The molecule has 6 nitrogen and oxygen atoms in total. The lowest BCUT2D eigenvalue weighted by Crippen LogP contribution is -2.52. The lowest BCUT2D eigenvalue weighted by Gasteiger charge is -2.40. The van der Waals surface area contributed by atoms with Gasteiger partial charge in [-0.1, -0.05) is 34.6 Å². The Balaban J connectivity index is 0.00000392. The van der Waals surface area contributed by atoms with Crippen LogP contribution >= 0.6 is 24.0 Å². The van der Waals surface area contributed by atoms with E-state index >= 15 is 0 Å². The number of carbonyl (C=O) groups is 1. The number of nitrogens with zero attached hydrogens (tertiary/aromatic N) is 2. The zero-order valence-corrected chi connectivity index (χ0v) is 20.9. The molecule has 0 aromatic carbocycles. The Kier molecular flexibility index (Phi) is 10.5. The Morgan fingerprint density at radius 1 is 1.21 bits per heavy atom. The van der Waals surface area contributed by atoms with Crippen LogP contribution in [-0.2, 0) is 9.53 Å². The average Bonchev–Trinajstić information content (AvgIpc) is 2.64. The fourth-order valence-electron chi connectivity index (χ4n) is 4.23. The summed E-state index contributed by atoms with van der Waals surface area (Å²) < 4.78 is 6.09. The number of hydrogen-bond donors (Lipinski definition) is 2. The minimum Gasteiger partial charge on any atom is -0.377 e. The Morgan fingerprint density at radius 3 is 2.39 bits per heavy atom. The maximum absolute atomic E-state index is 12.1. The molecule has 2 unspecified atom stereocenters. The average molecular weight is 508 g/mol. The highest BCUT2D eigenvalue weighted by molar-refractivity contribution is 14.0. The molecule has 0 bridgehead atoms. The number of piperidine rings is 1. The molecule has 2 fully saturated rings. The molecule has 0 radical (unpaired) electrons. The van der Waals surface area contributed by atoms with Gasteiger partial charge in [0.2, 0.25) is 5.91 Å². The maximum atomic E-state index is 12.1. The van der Waals surface area contributed by atoms with E-state index in [0.29, 0.717) is 12.0 Å². The molecule has 2 rings (SSSR count). The number of nitrogens with one attached hydrogen (secondary N) is 2. The van der Waals surface area contributed by atoms with Crippen molar-refractivity contribution in [2.45, 2.75) is 72.4 Å². The fourth-order valence-corrected chi connectivity index (χ4v) is 4.23. The molecular formula is C21H41IN4O2. The normalized spacial score (nSPS) is 24.7. The van der Waals surface area contributed by atoms with Crippen LogP contribution in [0.2, 0.25) is 0 Å². The number of rotatable bonds is 4. The van der Waals surface area contributed by atoms with Crippen molar-refractivity contribution < 1.29 is 9.53 Å². The summed E-state index contributed by atoms with van der Waals surface area (Å²) >= 11 is 0. The van der Waals surface area contributed by atoms with E-state index < -0.39 is 0 Å². The van der Waals surface area contributed by atoms with Crippen LogP contribution in [-0.4, -0.2) is 62.2 Å². The minimum atomic E-state index is 0. The summed E-state index contributed by atoms with van der Waals surface area (Å²) in [6, 6.07) is 0.369. The first kappa shape index (κ1) is 25.5. The molecule has 2 aliphatic heterocycles. The molecule has 28 heavy (non-hydrogen) atoms. The highest BCUT2D eigenvalue weighted by atomic mass is 127. The smallest absolute Gasteiger partial charge is 0.225 e. The molecule has 0 spiro atoms. The van der Waals surface area contributed by atoms with Crippen molar-refractivity contribution in [3.05, 3.63) is 0 Å². The predicted octanol–water partition coefficient (Wildman–Crippen LogP) is 3.26. The number of carbonyl (C=O) groups excluding carboxylic acids is 1.